The molecule has 0 aromatic carbocycles. The molecule has 28 heavy (non-hydrogen) atoms. The molecule has 160 valence electrons. The fraction of sp³-hybridized carbons (Fsp3) is 0.885. The van der Waals surface area contributed by atoms with Gasteiger partial charge in [-0.25, -0.2) is 0 Å². The molecule has 2 saturated carbocycles. The molecule has 1 heterocycles. The first-order valence-electron chi connectivity index (χ1n) is 12.2. The fourth-order valence-corrected chi connectivity index (χ4v) is 6.80. The van der Waals surface area contributed by atoms with Crippen LogP contribution in [0.3, 0.4) is 0 Å². The largest absolute Gasteiger partial charge is 0.465 e. The van der Waals surface area contributed by atoms with Crippen molar-refractivity contribution in [2.45, 2.75) is 98.3 Å². The molecule has 0 spiro atoms. The minimum Gasteiger partial charge on any atom is -0.465 e. The zero-order valence-electron chi connectivity index (χ0n) is 19.0. The summed E-state index contributed by atoms with van der Waals surface area (Å²) in [5, 5.41) is 0. The molecule has 2 heteroatoms. The second-order valence-electron chi connectivity index (χ2n) is 11.0. The van der Waals surface area contributed by atoms with E-state index in [9.17, 15) is 4.79 Å². The molecular weight excluding hydrogens is 344 g/mol. The van der Waals surface area contributed by atoms with Crippen molar-refractivity contribution in [3.05, 3.63) is 12.2 Å². The summed E-state index contributed by atoms with van der Waals surface area (Å²) in [6.45, 7) is 14.8. The highest BCUT2D eigenvalue weighted by Crippen LogP contribution is 2.55. The van der Waals surface area contributed by atoms with Crippen LogP contribution in [0.2, 0.25) is 0 Å². The van der Waals surface area contributed by atoms with Crippen LogP contribution < -0.4 is 0 Å². The van der Waals surface area contributed by atoms with E-state index < -0.39 is 0 Å². The molecule has 2 aliphatic carbocycles. The smallest absolute Gasteiger partial charge is 0.309 e. The third-order valence-corrected chi connectivity index (χ3v) is 8.74. The van der Waals surface area contributed by atoms with Gasteiger partial charge in [-0.15, -0.1) is 0 Å². The minimum absolute atomic E-state index is 0.0727. The van der Waals surface area contributed by atoms with Crippen molar-refractivity contribution >= 4 is 5.97 Å². The van der Waals surface area contributed by atoms with Crippen LogP contribution in [0.4, 0.5) is 0 Å². The Morgan fingerprint density at radius 2 is 1.79 bits per heavy atom. The minimum atomic E-state index is 0.0727. The van der Waals surface area contributed by atoms with Gasteiger partial charge in [0, 0.05) is 0 Å². The summed E-state index contributed by atoms with van der Waals surface area (Å²) in [7, 11) is 0. The van der Waals surface area contributed by atoms with Gasteiger partial charge in [0.2, 0.25) is 0 Å². The lowest BCUT2D eigenvalue weighted by Gasteiger charge is -2.42. The summed E-state index contributed by atoms with van der Waals surface area (Å²) in [4.78, 5) is 12.9. The lowest BCUT2D eigenvalue weighted by Crippen LogP contribution is -2.38. The van der Waals surface area contributed by atoms with Crippen molar-refractivity contribution in [2.24, 2.45) is 40.9 Å². The molecular formula is C26H44O2. The zero-order chi connectivity index (χ0) is 20.3. The van der Waals surface area contributed by atoms with E-state index in [0.717, 1.165) is 37.0 Å². The van der Waals surface area contributed by atoms with Crippen LogP contribution in [0.15, 0.2) is 12.2 Å². The quantitative estimate of drug-likeness (QED) is 0.368. The first-order chi connectivity index (χ1) is 13.3. The second-order valence-corrected chi connectivity index (χ2v) is 11.0. The molecule has 1 aliphatic heterocycles. The van der Waals surface area contributed by atoms with Gasteiger partial charge in [-0.1, -0.05) is 72.0 Å². The van der Waals surface area contributed by atoms with E-state index in [1.54, 1.807) is 0 Å². The van der Waals surface area contributed by atoms with Gasteiger partial charge in [-0.3, -0.25) is 4.79 Å². The third-order valence-electron chi connectivity index (χ3n) is 8.74. The van der Waals surface area contributed by atoms with E-state index in [1.807, 2.05) is 0 Å². The van der Waals surface area contributed by atoms with E-state index in [-0.39, 0.29) is 11.9 Å². The van der Waals surface area contributed by atoms with Crippen molar-refractivity contribution in [1.29, 1.82) is 0 Å². The maximum absolute atomic E-state index is 12.9. The lowest BCUT2D eigenvalue weighted by molar-refractivity contribution is -0.154. The van der Waals surface area contributed by atoms with Gasteiger partial charge in [0.15, 0.2) is 0 Å². The second kappa shape index (κ2) is 9.35. The standard InChI is InChI=1S/C26H44O2/c1-18(2)9-8-10-20(4)24-14-13-21-17-28-25(27)23-12-7-6-11-22(23)19(3)15-16-26(21,24)5/h18,20-24H,3,6-17H2,1-2,4-5H3/t20-,21?,22?,23?,24?,26+/m1/s1. The summed E-state index contributed by atoms with van der Waals surface area (Å²) in [6.07, 6.45) is 13.4. The number of esters is 1. The van der Waals surface area contributed by atoms with Crippen LogP contribution in [0.1, 0.15) is 98.3 Å². The van der Waals surface area contributed by atoms with Crippen molar-refractivity contribution in [3.8, 4) is 0 Å². The van der Waals surface area contributed by atoms with E-state index in [1.165, 1.54) is 56.9 Å². The molecule has 0 radical (unpaired) electrons. The molecule has 3 fully saturated rings. The number of fused-ring (bicyclic) bond motifs is 2. The van der Waals surface area contributed by atoms with Crippen LogP contribution >= 0.6 is 0 Å². The van der Waals surface area contributed by atoms with Gasteiger partial charge >= 0.3 is 5.97 Å². The van der Waals surface area contributed by atoms with Crippen LogP contribution in [-0.4, -0.2) is 12.6 Å². The van der Waals surface area contributed by atoms with Crippen molar-refractivity contribution in [3.63, 3.8) is 0 Å². The number of carbonyl (C=O) groups excluding carboxylic acids is 1. The van der Waals surface area contributed by atoms with Gasteiger partial charge in [-0.2, -0.15) is 0 Å². The topological polar surface area (TPSA) is 26.3 Å². The Labute approximate surface area is 173 Å². The van der Waals surface area contributed by atoms with Gasteiger partial charge < -0.3 is 4.74 Å². The first kappa shape index (κ1) is 21.9. The molecule has 2 nitrogen and oxygen atoms in total. The number of allylic oxidation sites excluding steroid dienone is 1. The van der Waals surface area contributed by atoms with Crippen LogP contribution in [0.25, 0.3) is 0 Å². The Morgan fingerprint density at radius 3 is 2.50 bits per heavy atom. The first-order valence-corrected chi connectivity index (χ1v) is 12.2. The highest BCUT2D eigenvalue weighted by molar-refractivity contribution is 5.73. The summed E-state index contributed by atoms with van der Waals surface area (Å²) >= 11 is 0. The molecule has 0 N–H and O–H groups in total. The van der Waals surface area contributed by atoms with E-state index >= 15 is 0 Å². The van der Waals surface area contributed by atoms with Gasteiger partial charge in [0.05, 0.1) is 12.5 Å². The molecule has 3 rings (SSSR count). The summed E-state index contributed by atoms with van der Waals surface area (Å²) in [5.74, 6) is 3.38. The van der Waals surface area contributed by atoms with Gasteiger partial charge in [-0.05, 0) is 73.5 Å². The number of carbonyl (C=O) groups is 1. The number of rotatable bonds is 5. The van der Waals surface area contributed by atoms with Crippen LogP contribution in [0, 0.1) is 40.9 Å². The average Bonchev–Trinajstić information content (AvgIpc) is 3.00. The number of cyclic esters (lactones) is 1. The van der Waals surface area contributed by atoms with E-state index in [4.69, 9.17) is 4.74 Å². The maximum atomic E-state index is 12.9. The highest BCUT2D eigenvalue weighted by atomic mass is 16.5. The Kier molecular flexibility index (Phi) is 7.32. The Morgan fingerprint density at radius 1 is 1.07 bits per heavy atom. The maximum Gasteiger partial charge on any atom is 0.309 e. The molecule has 6 atom stereocenters. The van der Waals surface area contributed by atoms with Crippen molar-refractivity contribution in [2.75, 3.05) is 6.61 Å². The number of hydrogen-bond acceptors (Lipinski definition) is 2. The van der Waals surface area contributed by atoms with Gasteiger partial charge in [0.25, 0.3) is 0 Å². The van der Waals surface area contributed by atoms with E-state index in [2.05, 4.69) is 34.3 Å². The molecule has 4 unspecified atom stereocenters. The van der Waals surface area contributed by atoms with Crippen LogP contribution in [-0.2, 0) is 9.53 Å². The highest BCUT2D eigenvalue weighted by Gasteiger charge is 2.49. The SMILES string of the molecule is C=C1CC[C@@]2(C)C(CCC2[C@H](C)CCCC(C)C)COC(=O)C2CCCCC12. The fourth-order valence-electron chi connectivity index (χ4n) is 6.80. The molecule has 0 bridgehead atoms. The number of ether oxygens (including phenoxy) is 1. The molecule has 0 amide bonds. The third kappa shape index (κ3) is 4.68. The molecule has 3 aliphatic rings. The lowest BCUT2D eigenvalue weighted by atomic mass is 9.64. The van der Waals surface area contributed by atoms with Crippen molar-refractivity contribution in [1.82, 2.24) is 0 Å². The Bertz CT molecular complexity index is 551. The Balaban J connectivity index is 1.71. The average molecular weight is 389 g/mol. The monoisotopic (exact) mass is 388 g/mol. The summed E-state index contributed by atoms with van der Waals surface area (Å²) < 4.78 is 5.98. The summed E-state index contributed by atoms with van der Waals surface area (Å²) in [5.41, 5.74) is 1.63. The van der Waals surface area contributed by atoms with Gasteiger partial charge in [0.1, 0.15) is 0 Å². The van der Waals surface area contributed by atoms with Crippen LogP contribution in [0.5, 0.6) is 0 Å². The predicted octanol–water partition coefficient (Wildman–Crippen LogP) is 7.18. The zero-order valence-corrected chi connectivity index (χ0v) is 19.0. The van der Waals surface area contributed by atoms with E-state index in [0.29, 0.717) is 23.9 Å². The molecule has 0 aromatic rings. The normalized spacial score (nSPS) is 37.9. The molecule has 1 saturated heterocycles. The Hall–Kier alpha value is -0.790. The predicted molar refractivity (Wildman–Crippen MR) is 117 cm³/mol. The summed E-state index contributed by atoms with van der Waals surface area (Å²) in [6, 6.07) is 0. The molecule has 0 aromatic heterocycles. The number of hydrogen-bond donors (Lipinski definition) is 0. The van der Waals surface area contributed by atoms with Crippen molar-refractivity contribution < 1.29 is 9.53 Å².